The van der Waals surface area contributed by atoms with Crippen LogP contribution in [0, 0.1) is 0 Å². The van der Waals surface area contributed by atoms with E-state index in [0.717, 1.165) is 0 Å². The third kappa shape index (κ3) is 5.10. The van der Waals surface area contributed by atoms with Crippen LogP contribution in [0.25, 0.3) is 0 Å². The summed E-state index contributed by atoms with van der Waals surface area (Å²) in [4.78, 5) is 25.7. The van der Waals surface area contributed by atoms with Gasteiger partial charge in [0, 0.05) is 26.5 Å². The Morgan fingerprint density at radius 2 is 2.06 bits per heavy atom. The van der Waals surface area contributed by atoms with Gasteiger partial charge in [0.2, 0.25) is 0 Å². The third-order valence-electron chi connectivity index (χ3n) is 2.01. The summed E-state index contributed by atoms with van der Waals surface area (Å²) in [5, 5.41) is 0. The average Bonchev–Trinajstić information content (AvgIpc) is 2.28. The molecule has 0 N–H and O–H groups in total. The van der Waals surface area contributed by atoms with E-state index in [2.05, 4.69) is 4.98 Å². The fourth-order valence-corrected chi connectivity index (χ4v) is 1.34. The van der Waals surface area contributed by atoms with Gasteiger partial charge in [0.15, 0.2) is 0 Å². The molecule has 1 rings (SSSR count). The van der Waals surface area contributed by atoms with Crippen molar-refractivity contribution in [1.29, 1.82) is 0 Å². The predicted molar refractivity (Wildman–Crippen MR) is 60.0 cm³/mol. The maximum absolute atomic E-state index is 11.0. The van der Waals surface area contributed by atoms with Gasteiger partial charge < -0.3 is 9.47 Å². The Labute approximate surface area is 99.8 Å². The van der Waals surface area contributed by atoms with E-state index in [1.54, 1.807) is 18.3 Å². The first-order valence-electron chi connectivity index (χ1n) is 5.31. The Bertz CT molecular complexity index is 377. The number of ether oxygens (including phenoxy) is 2. The zero-order chi connectivity index (χ0) is 12.7. The second-order valence-corrected chi connectivity index (χ2v) is 3.48. The summed E-state index contributed by atoms with van der Waals surface area (Å²) in [5.41, 5.74) is 0.648. The van der Waals surface area contributed by atoms with Crippen molar-refractivity contribution in [3.63, 3.8) is 0 Å². The van der Waals surface area contributed by atoms with Gasteiger partial charge >= 0.3 is 11.9 Å². The molecule has 0 aliphatic carbocycles. The molecule has 1 atom stereocenters. The molecular weight excluding hydrogens is 222 g/mol. The summed E-state index contributed by atoms with van der Waals surface area (Å²) >= 11 is 0. The lowest BCUT2D eigenvalue weighted by atomic mass is 10.2. The molecule has 0 aromatic carbocycles. The number of aromatic nitrogens is 1. The van der Waals surface area contributed by atoms with Gasteiger partial charge in [0.1, 0.15) is 6.10 Å². The first-order valence-corrected chi connectivity index (χ1v) is 5.31. The summed E-state index contributed by atoms with van der Waals surface area (Å²) in [6.07, 6.45) is 1.54. The quantitative estimate of drug-likeness (QED) is 0.728. The molecule has 5 heteroatoms. The molecule has 0 bridgehead atoms. The van der Waals surface area contributed by atoms with E-state index in [4.69, 9.17) is 9.47 Å². The molecule has 5 nitrogen and oxygen atoms in total. The molecule has 0 aliphatic rings. The van der Waals surface area contributed by atoms with Gasteiger partial charge in [-0.1, -0.05) is 6.07 Å². The number of hydrogen-bond acceptors (Lipinski definition) is 5. The monoisotopic (exact) mass is 237 g/mol. The minimum Gasteiger partial charge on any atom is -0.466 e. The van der Waals surface area contributed by atoms with Gasteiger partial charge in [-0.3, -0.25) is 14.6 Å². The van der Waals surface area contributed by atoms with Crippen LogP contribution in [0.15, 0.2) is 24.4 Å². The molecule has 0 fully saturated rings. The van der Waals surface area contributed by atoms with E-state index >= 15 is 0 Å². The Kier molecular flexibility index (Phi) is 5.13. The number of carbonyl (C=O) groups is 2. The highest BCUT2D eigenvalue weighted by molar-refractivity contribution is 5.66. The molecule has 92 valence electrons. The molecule has 0 aliphatic heterocycles. The number of hydrogen-bond donors (Lipinski definition) is 0. The lowest BCUT2D eigenvalue weighted by Crippen LogP contribution is -2.13. The van der Waals surface area contributed by atoms with Crippen molar-refractivity contribution in [3.05, 3.63) is 30.1 Å². The molecule has 1 aromatic heterocycles. The summed E-state index contributed by atoms with van der Waals surface area (Å²) in [6, 6.07) is 5.35. The highest BCUT2D eigenvalue weighted by atomic mass is 16.6. The van der Waals surface area contributed by atoms with Crippen molar-refractivity contribution >= 4 is 11.9 Å². The van der Waals surface area contributed by atoms with E-state index in [1.165, 1.54) is 13.8 Å². The van der Waals surface area contributed by atoms with E-state index in [9.17, 15) is 9.59 Å². The zero-order valence-electron chi connectivity index (χ0n) is 9.88. The smallest absolute Gasteiger partial charge is 0.303 e. The Morgan fingerprint density at radius 1 is 1.29 bits per heavy atom. The summed E-state index contributed by atoms with van der Waals surface area (Å²) in [5.74, 6) is -0.740. The normalized spacial score (nSPS) is 11.6. The largest absolute Gasteiger partial charge is 0.466 e. The predicted octanol–water partition coefficient (Wildman–Crippen LogP) is 1.64. The van der Waals surface area contributed by atoms with Crippen LogP contribution in [-0.4, -0.2) is 23.5 Å². The molecule has 0 amide bonds. The van der Waals surface area contributed by atoms with E-state index in [-0.39, 0.29) is 18.5 Å². The first-order chi connectivity index (χ1) is 8.09. The minimum atomic E-state index is -0.479. The van der Waals surface area contributed by atoms with Gasteiger partial charge in [-0.2, -0.15) is 0 Å². The first kappa shape index (κ1) is 13.2. The molecule has 17 heavy (non-hydrogen) atoms. The molecule has 1 heterocycles. The van der Waals surface area contributed by atoms with Crippen LogP contribution in [0.1, 0.15) is 32.1 Å². The lowest BCUT2D eigenvalue weighted by Gasteiger charge is -2.16. The maximum Gasteiger partial charge on any atom is 0.303 e. The minimum absolute atomic E-state index is 0.198. The van der Waals surface area contributed by atoms with Gasteiger partial charge in [0.05, 0.1) is 12.3 Å². The van der Waals surface area contributed by atoms with Crippen LogP contribution in [-0.2, 0) is 19.1 Å². The van der Waals surface area contributed by atoms with Crippen LogP contribution in [0.2, 0.25) is 0 Å². The zero-order valence-corrected chi connectivity index (χ0v) is 9.88. The number of esters is 2. The highest BCUT2D eigenvalue weighted by Gasteiger charge is 2.16. The van der Waals surface area contributed by atoms with Crippen LogP contribution < -0.4 is 0 Å². The lowest BCUT2D eigenvalue weighted by molar-refractivity contribution is -0.149. The van der Waals surface area contributed by atoms with Crippen molar-refractivity contribution in [1.82, 2.24) is 4.98 Å². The van der Waals surface area contributed by atoms with Gasteiger partial charge in [-0.15, -0.1) is 0 Å². The second-order valence-electron chi connectivity index (χ2n) is 3.48. The number of pyridine rings is 1. The third-order valence-corrected chi connectivity index (χ3v) is 2.01. The van der Waals surface area contributed by atoms with Crippen LogP contribution >= 0.6 is 0 Å². The fraction of sp³-hybridized carbons (Fsp3) is 0.417. The Balaban J connectivity index is 2.61. The van der Waals surface area contributed by atoms with Gasteiger partial charge in [-0.05, 0) is 12.1 Å². The number of carbonyl (C=O) groups excluding carboxylic acids is 2. The van der Waals surface area contributed by atoms with Crippen molar-refractivity contribution in [2.45, 2.75) is 26.4 Å². The second kappa shape index (κ2) is 6.62. The van der Waals surface area contributed by atoms with Crippen molar-refractivity contribution in [2.24, 2.45) is 0 Å². The molecule has 0 saturated heterocycles. The fourth-order valence-electron chi connectivity index (χ4n) is 1.34. The van der Waals surface area contributed by atoms with Gasteiger partial charge in [-0.25, -0.2) is 0 Å². The Hall–Kier alpha value is -1.91. The molecule has 0 radical (unpaired) electrons. The van der Waals surface area contributed by atoms with Crippen molar-refractivity contribution in [2.75, 3.05) is 6.61 Å². The van der Waals surface area contributed by atoms with Gasteiger partial charge in [0.25, 0.3) is 0 Å². The Morgan fingerprint density at radius 3 is 2.59 bits per heavy atom. The van der Waals surface area contributed by atoms with Crippen LogP contribution in [0.4, 0.5) is 0 Å². The maximum atomic E-state index is 11.0. The SMILES string of the molecule is CC(=O)OCC[C@@H](OC(C)=O)c1ccccn1. The van der Waals surface area contributed by atoms with E-state index in [0.29, 0.717) is 12.1 Å². The topological polar surface area (TPSA) is 65.5 Å². The molecule has 1 aromatic rings. The van der Waals surface area contributed by atoms with Crippen LogP contribution in [0.5, 0.6) is 0 Å². The average molecular weight is 237 g/mol. The number of nitrogens with zero attached hydrogens (tertiary/aromatic N) is 1. The summed E-state index contributed by atoms with van der Waals surface area (Å²) in [6.45, 7) is 2.87. The standard InChI is InChI=1S/C12H15NO4/c1-9(14)16-8-6-12(17-10(2)15)11-5-3-4-7-13-11/h3-5,7,12H,6,8H2,1-2H3/t12-/m1/s1. The van der Waals surface area contributed by atoms with Crippen molar-refractivity contribution < 1.29 is 19.1 Å². The number of rotatable bonds is 5. The summed E-state index contributed by atoms with van der Waals surface area (Å²) in [7, 11) is 0. The summed E-state index contributed by atoms with van der Waals surface area (Å²) < 4.78 is 9.94. The molecule has 0 spiro atoms. The molecule has 0 unspecified atom stereocenters. The molecule has 0 saturated carbocycles. The highest BCUT2D eigenvalue weighted by Crippen LogP contribution is 2.19. The van der Waals surface area contributed by atoms with Crippen molar-refractivity contribution in [3.8, 4) is 0 Å². The van der Waals surface area contributed by atoms with E-state index < -0.39 is 6.10 Å². The molecular formula is C12H15NO4. The van der Waals surface area contributed by atoms with E-state index in [1.807, 2.05) is 6.07 Å². The van der Waals surface area contributed by atoms with Crippen LogP contribution in [0.3, 0.4) is 0 Å².